The molecule has 2 rings (SSSR count). The summed E-state index contributed by atoms with van der Waals surface area (Å²) >= 11 is 3.24. The van der Waals surface area contributed by atoms with Gasteiger partial charge in [0, 0.05) is 11.6 Å². The van der Waals surface area contributed by atoms with Crippen LogP contribution in [0, 0.1) is 17.0 Å². The Bertz CT molecular complexity index is 700. The molecule has 0 unspecified atom stereocenters. The summed E-state index contributed by atoms with van der Waals surface area (Å²) in [5.41, 5.74) is 1.36. The highest BCUT2D eigenvalue weighted by atomic mass is 79.9. The molecule has 0 aliphatic rings. The van der Waals surface area contributed by atoms with Gasteiger partial charge in [-0.25, -0.2) is 0 Å². The fourth-order valence-corrected chi connectivity index (χ4v) is 2.18. The molecule has 0 aliphatic carbocycles. The monoisotopic (exact) mass is 349 g/mol. The van der Waals surface area contributed by atoms with Crippen LogP contribution in [0.4, 0.5) is 5.69 Å². The molecule has 108 valence electrons. The third kappa shape index (κ3) is 3.66. The van der Waals surface area contributed by atoms with Crippen molar-refractivity contribution in [1.29, 1.82) is 0 Å². The molecule has 2 aromatic carbocycles. The minimum atomic E-state index is -0.511. The maximum Gasteiger partial charge on any atom is 0.273 e. The molecule has 0 radical (unpaired) electrons. The second kappa shape index (κ2) is 6.49. The van der Waals surface area contributed by atoms with E-state index in [4.69, 9.17) is 4.74 Å². The lowest BCUT2D eigenvalue weighted by molar-refractivity contribution is -0.384. The first kappa shape index (κ1) is 15.2. The molecule has 0 spiro atoms. The molecule has 0 bridgehead atoms. The second-order valence-corrected chi connectivity index (χ2v) is 5.25. The van der Waals surface area contributed by atoms with Crippen molar-refractivity contribution in [3.63, 3.8) is 0 Å². The molecule has 0 N–H and O–H groups in total. The van der Waals surface area contributed by atoms with Gasteiger partial charge in [-0.3, -0.25) is 14.9 Å². The number of ether oxygens (including phenoxy) is 1. The van der Waals surface area contributed by atoms with Gasteiger partial charge in [0.15, 0.2) is 12.4 Å². The van der Waals surface area contributed by atoms with Crippen molar-refractivity contribution in [1.82, 2.24) is 0 Å². The molecule has 21 heavy (non-hydrogen) atoms. The van der Waals surface area contributed by atoms with E-state index in [0.717, 1.165) is 5.56 Å². The number of hydrogen-bond donors (Lipinski definition) is 0. The fourth-order valence-electron chi connectivity index (χ4n) is 1.82. The number of non-ortho nitro benzene ring substituents is 1. The summed E-state index contributed by atoms with van der Waals surface area (Å²) in [6, 6.07) is 11.4. The van der Waals surface area contributed by atoms with Gasteiger partial charge in [-0.05, 0) is 34.5 Å². The Hall–Kier alpha value is -2.21. The Morgan fingerprint density at radius 2 is 2.00 bits per heavy atom. The number of carbonyl (C=O) groups excluding carboxylic acids is 1. The molecule has 0 aliphatic heterocycles. The van der Waals surface area contributed by atoms with E-state index < -0.39 is 4.92 Å². The summed E-state index contributed by atoms with van der Waals surface area (Å²) in [5, 5.41) is 10.7. The minimum Gasteiger partial charge on any atom is -0.484 e. The lowest BCUT2D eigenvalue weighted by Gasteiger charge is -2.08. The van der Waals surface area contributed by atoms with Crippen LogP contribution in [-0.2, 0) is 0 Å². The Kier molecular flexibility index (Phi) is 4.70. The normalized spacial score (nSPS) is 10.2. The van der Waals surface area contributed by atoms with Crippen molar-refractivity contribution < 1.29 is 14.5 Å². The van der Waals surface area contributed by atoms with E-state index in [1.165, 1.54) is 18.2 Å². The van der Waals surface area contributed by atoms with Gasteiger partial charge >= 0.3 is 0 Å². The largest absolute Gasteiger partial charge is 0.484 e. The van der Waals surface area contributed by atoms with Crippen LogP contribution in [0.25, 0.3) is 0 Å². The van der Waals surface area contributed by atoms with E-state index in [0.29, 0.717) is 10.0 Å². The van der Waals surface area contributed by atoms with Crippen LogP contribution in [0.2, 0.25) is 0 Å². The van der Waals surface area contributed by atoms with E-state index in [9.17, 15) is 14.9 Å². The zero-order valence-electron chi connectivity index (χ0n) is 11.2. The van der Waals surface area contributed by atoms with Gasteiger partial charge in [0.05, 0.1) is 15.5 Å². The molecular formula is C15H12BrNO4. The first-order valence-corrected chi connectivity index (χ1v) is 6.94. The van der Waals surface area contributed by atoms with Crippen LogP contribution >= 0.6 is 15.9 Å². The number of hydrogen-bond acceptors (Lipinski definition) is 4. The number of rotatable bonds is 5. The average Bonchev–Trinajstić information content (AvgIpc) is 2.46. The summed E-state index contributed by atoms with van der Waals surface area (Å²) in [7, 11) is 0. The number of ketones is 1. The van der Waals surface area contributed by atoms with Crippen LogP contribution in [0.1, 0.15) is 15.9 Å². The van der Waals surface area contributed by atoms with Crippen molar-refractivity contribution in [3.05, 3.63) is 68.2 Å². The van der Waals surface area contributed by atoms with Gasteiger partial charge in [-0.2, -0.15) is 0 Å². The highest BCUT2D eigenvalue weighted by molar-refractivity contribution is 9.10. The highest BCUT2D eigenvalue weighted by Gasteiger charge is 2.13. The number of halogens is 1. The van der Waals surface area contributed by atoms with Crippen LogP contribution < -0.4 is 4.74 Å². The van der Waals surface area contributed by atoms with Gasteiger partial charge in [0.1, 0.15) is 5.75 Å². The first-order chi connectivity index (χ1) is 9.99. The number of nitro groups is 1. The van der Waals surface area contributed by atoms with Gasteiger partial charge < -0.3 is 4.74 Å². The van der Waals surface area contributed by atoms with E-state index in [2.05, 4.69) is 15.9 Å². The summed E-state index contributed by atoms with van der Waals surface area (Å²) in [4.78, 5) is 22.3. The average molecular weight is 350 g/mol. The Labute approximate surface area is 129 Å². The summed E-state index contributed by atoms with van der Waals surface area (Å²) in [6.45, 7) is 1.67. The van der Waals surface area contributed by atoms with Crippen LogP contribution in [0.3, 0.4) is 0 Å². The molecule has 0 heterocycles. The maximum absolute atomic E-state index is 12.1. The van der Waals surface area contributed by atoms with Crippen molar-refractivity contribution in [3.8, 4) is 5.75 Å². The Morgan fingerprint density at radius 3 is 2.67 bits per heavy atom. The fraction of sp³-hybridized carbons (Fsp3) is 0.133. The number of Topliss-reactive ketones (excluding diaryl/α,β-unsaturated/α-hetero) is 1. The Morgan fingerprint density at radius 1 is 1.29 bits per heavy atom. The standard InChI is InChI=1S/C15H12BrNO4/c1-10-4-2-3-5-12(10)14(18)9-21-15-8-11(17(19)20)6-7-13(15)16/h2-8H,9H2,1H3. The minimum absolute atomic E-state index is 0.0865. The zero-order valence-corrected chi connectivity index (χ0v) is 12.8. The number of nitro benzene ring substituents is 1. The van der Waals surface area contributed by atoms with Gasteiger partial charge in [0.2, 0.25) is 0 Å². The van der Waals surface area contributed by atoms with Crippen molar-refractivity contribution >= 4 is 27.4 Å². The summed E-state index contributed by atoms with van der Waals surface area (Å²) in [5.74, 6) is 0.0950. The Balaban J connectivity index is 2.13. The molecule has 6 heteroatoms. The third-order valence-electron chi connectivity index (χ3n) is 2.93. The van der Waals surface area contributed by atoms with Gasteiger partial charge in [0.25, 0.3) is 5.69 Å². The molecule has 0 atom stereocenters. The maximum atomic E-state index is 12.1. The molecule has 2 aromatic rings. The smallest absolute Gasteiger partial charge is 0.273 e. The molecule has 5 nitrogen and oxygen atoms in total. The lowest BCUT2D eigenvalue weighted by atomic mass is 10.1. The molecule has 0 fully saturated rings. The van der Waals surface area contributed by atoms with Crippen LogP contribution in [0.5, 0.6) is 5.75 Å². The van der Waals surface area contributed by atoms with Crippen molar-refractivity contribution in [2.75, 3.05) is 6.61 Å². The molecule has 0 saturated carbocycles. The number of nitrogens with zero attached hydrogens (tertiary/aromatic N) is 1. The number of benzene rings is 2. The highest BCUT2D eigenvalue weighted by Crippen LogP contribution is 2.29. The van der Waals surface area contributed by atoms with Crippen LogP contribution in [-0.4, -0.2) is 17.3 Å². The second-order valence-electron chi connectivity index (χ2n) is 4.40. The van der Waals surface area contributed by atoms with E-state index in [1.807, 2.05) is 19.1 Å². The predicted molar refractivity (Wildman–Crippen MR) is 81.8 cm³/mol. The SMILES string of the molecule is Cc1ccccc1C(=O)COc1cc([N+](=O)[O-])ccc1Br. The van der Waals surface area contributed by atoms with E-state index >= 15 is 0 Å². The van der Waals surface area contributed by atoms with E-state index in [1.54, 1.807) is 12.1 Å². The predicted octanol–water partition coefficient (Wildman–Crippen LogP) is 3.93. The molecule has 0 amide bonds. The first-order valence-electron chi connectivity index (χ1n) is 6.14. The zero-order chi connectivity index (χ0) is 15.4. The van der Waals surface area contributed by atoms with Crippen molar-refractivity contribution in [2.45, 2.75) is 6.92 Å². The third-order valence-corrected chi connectivity index (χ3v) is 3.58. The molecule has 0 aromatic heterocycles. The lowest BCUT2D eigenvalue weighted by Crippen LogP contribution is -2.13. The van der Waals surface area contributed by atoms with E-state index in [-0.39, 0.29) is 23.8 Å². The quantitative estimate of drug-likeness (QED) is 0.465. The van der Waals surface area contributed by atoms with Crippen molar-refractivity contribution in [2.24, 2.45) is 0 Å². The molecular weight excluding hydrogens is 338 g/mol. The topological polar surface area (TPSA) is 69.4 Å². The van der Waals surface area contributed by atoms with Crippen LogP contribution in [0.15, 0.2) is 46.9 Å². The summed E-state index contributed by atoms with van der Waals surface area (Å²) in [6.07, 6.45) is 0. The van der Waals surface area contributed by atoms with Gasteiger partial charge in [-0.1, -0.05) is 24.3 Å². The molecule has 0 saturated heterocycles. The van der Waals surface area contributed by atoms with Gasteiger partial charge in [-0.15, -0.1) is 0 Å². The summed E-state index contributed by atoms with van der Waals surface area (Å²) < 4.78 is 5.96. The number of aryl methyl sites for hydroxylation is 1. The number of carbonyl (C=O) groups is 1.